The van der Waals surface area contributed by atoms with Crippen LogP contribution in [0.5, 0.6) is 0 Å². The molecule has 5 rings (SSSR count). The van der Waals surface area contributed by atoms with Crippen LogP contribution in [-0.2, 0) is 4.74 Å². The third-order valence-electron chi connectivity index (χ3n) is 4.93. The molecule has 4 heterocycles. The molecule has 0 saturated carbocycles. The van der Waals surface area contributed by atoms with Crippen LogP contribution in [0, 0.1) is 6.92 Å². The third-order valence-corrected chi connectivity index (χ3v) is 4.93. The molecule has 11 heteroatoms. The summed E-state index contributed by atoms with van der Waals surface area (Å²) in [5.41, 5.74) is 9.76. The number of ether oxygens (including phenoxy) is 1. The number of aromatic nitrogens is 7. The van der Waals surface area contributed by atoms with E-state index in [4.69, 9.17) is 20.6 Å². The van der Waals surface area contributed by atoms with Crippen LogP contribution in [-0.4, -0.2) is 55.0 Å². The van der Waals surface area contributed by atoms with E-state index in [1.54, 1.807) is 30.8 Å². The Morgan fingerprint density at radius 2 is 2.06 bits per heavy atom. The summed E-state index contributed by atoms with van der Waals surface area (Å²) in [5, 5.41) is 19.5. The predicted octanol–water partition coefficient (Wildman–Crippen LogP) is 2.76. The quantitative estimate of drug-likeness (QED) is 0.286. The fraction of sp³-hybridized carbons (Fsp3) is 0.190. The maximum atomic E-state index is 6.02. The maximum Gasteiger partial charge on any atom is 0.161 e. The standard InChI is InChI=1S/C21H22N10O/c1-12-25-16(10-17(22)26-12)20-21(27-14-4-3-5-15-13(14)11-24-29-15)28-19-7-6-18(30-31(19)20)23-8-9-32-2/h3-7,10-11,27H,8-9H2,1-2H3,(H,23,30)(H,24,29)(H2,22,25,26). The molecule has 0 unspecified atom stereocenters. The first-order valence-corrected chi connectivity index (χ1v) is 10.1. The largest absolute Gasteiger partial charge is 0.384 e. The minimum absolute atomic E-state index is 0.375. The van der Waals surface area contributed by atoms with Crippen LogP contribution in [0.2, 0.25) is 0 Å². The molecule has 0 fully saturated rings. The van der Waals surface area contributed by atoms with Crippen LogP contribution in [0.3, 0.4) is 0 Å². The summed E-state index contributed by atoms with van der Waals surface area (Å²) in [5.74, 6) is 2.22. The Hall–Kier alpha value is -4.25. The van der Waals surface area contributed by atoms with Gasteiger partial charge in [-0.15, -0.1) is 5.10 Å². The first kappa shape index (κ1) is 19.7. The predicted molar refractivity (Wildman–Crippen MR) is 123 cm³/mol. The molecular formula is C21H22N10O. The monoisotopic (exact) mass is 430 g/mol. The van der Waals surface area contributed by atoms with Crippen molar-refractivity contribution in [3.8, 4) is 11.4 Å². The Kier molecular flexibility index (Phi) is 5.00. The molecule has 5 N–H and O–H groups in total. The molecule has 0 aliphatic heterocycles. The first-order chi connectivity index (χ1) is 15.6. The number of imidazole rings is 1. The van der Waals surface area contributed by atoms with E-state index in [1.165, 1.54) is 0 Å². The number of H-pyrrole nitrogens is 1. The van der Waals surface area contributed by atoms with Crippen molar-refractivity contribution in [2.75, 3.05) is 36.6 Å². The van der Waals surface area contributed by atoms with Crippen LogP contribution >= 0.6 is 0 Å². The van der Waals surface area contributed by atoms with E-state index in [9.17, 15) is 0 Å². The van der Waals surface area contributed by atoms with Crippen molar-refractivity contribution >= 4 is 39.7 Å². The Balaban J connectivity index is 1.66. The Morgan fingerprint density at radius 1 is 1.16 bits per heavy atom. The highest BCUT2D eigenvalue weighted by Gasteiger charge is 2.19. The third kappa shape index (κ3) is 3.65. The SMILES string of the molecule is COCCNc1ccc2nc(Nc3cccc4[nH]ncc34)c(-c3cc(N)nc(C)n3)n2n1. The van der Waals surface area contributed by atoms with E-state index in [1.807, 2.05) is 30.3 Å². The number of hydrogen-bond donors (Lipinski definition) is 4. The van der Waals surface area contributed by atoms with Gasteiger partial charge in [-0.25, -0.2) is 19.5 Å². The Morgan fingerprint density at radius 3 is 2.91 bits per heavy atom. The van der Waals surface area contributed by atoms with Crippen molar-refractivity contribution in [3.05, 3.63) is 48.4 Å². The smallest absolute Gasteiger partial charge is 0.161 e. The molecule has 0 amide bonds. The first-order valence-electron chi connectivity index (χ1n) is 10.1. The van der Waals surface area contributed by atoms with Crippen molar-refractivity contribution in [1.82, 2.24) is 34.8 Å². The van der Waals surface area contributed by atoms with Gasteiger partial charge in [-0.1, -0.05) is 6.07 Å². The van der Waals surface area contributed by atoms with Gasteiger partial charge in [0.2, 0.25) is 0 Å². The second-order valence-corrected chi connectivity index (χ2v) is 7.20. The molecule has 4 aromatic heterocycles. The number of rotatable bonds is 7. The number of nitrogens with one attached hydrogen (secondary N) is 3. The second kappa shape index (κ2) is 8.12. The van der Waals surface area contributed by atoms with Gasteiger partial charge in [0.05, 0.1) is 29.7 Å². The molecule has 11 nitrogen and oxygen atoms in total. The van der Waals surface area contributed by atoms with Gasteiger partial charge in [0.25, 0.3) is 0 Å². The zero-order chi connectivity index (χ0) is 22.1. The van der Waals surface area contributed by atoms with Crippen molar-refractivity contribution in [2.45, 2.75) is 6.92 Å². The van der Waals surface area contributed by atoms with Crippen LogP contribution < -0.4 is 16.4 Å². The minimum atomic E-state index is 0.375. The van der Waals surface area contributed by atoms with Crippen LogP contribution in [0.25, 0.3) is 27.9 Å². The molecule has 0 aliphatic rings. The van der Waals surface area contributed by atoms with Crippen molar-refractivity contribution in [2.24, 2.45) is 0 Å². The van der Waals surface area contributed by atoms with Crippen LogP contribution in [0.15, 0.2) is 42.6 Å². The highest BCUT2D eigenvalue weighted by molar-refractivity contribution is 5.94. The van der Waals surface area contributed by atoms with E-state index in [0.29, 0.717) is 53.5 Å². The molecule has 0 spiro atoms. The summed E-state index contributed by atoms with van der Waals surface area (Å²) in [6.45, 7) is 3.00. The van der Waals surface area contributed by atoms with Gasteiger partial charge < -0.3 is 21.1 Å². The lowest BCUT2D eigenvalue weighted by molar-refractivity contribution is 0.210. The fourth-order valence-corrected chi connectivity index (χ4v) is 3.54. The van der Waals surface area contributed by atoms with Gasteiger partial charge in [-0.05, 0) is 31.2 Å². The number of aromatic amines is 1. The lowest BCUT2D eigenvalue weighted by Gasteiger charge is -2.09. The number of nitrogens with zero attached hydrogens (tertiary/aromatic N) is 6. The maximum absolute atomic E-state index is 6.02. The van der Waals surface area contributed by atoms with Gasteiger partial charge in [0, 0.05) is 25.1 Å². The fourth-order valence-electron chi connectivity index (χ4n) is 3.54. The Bertz CT molecular complexity index is 1390. The minimum Gasteiger partial charge on any atom is -0.384 e. The molecule has 0 atom stereocenters. The average Bonchev–Trinajstić information content (AvgIpc) is 3.38. The van der Waals surface area contributed by atoms with Crippen LogP contribution in [0.4, 0.5) is 23.1 Å². The summed E-state index contributed by atoms with van der Waals surface area (Å²) in [6.07, 6.45) is 1.77. The van der Waals surface area contributed by atoms with E-state index in [0.717, 1.165) is 16.6 Å². The second-order valence-electron chi connectivity index (χ2n) is 7.20. The highest BCUT2D eigenvalue weighted by atomic mass is 16.5. The summed E-state index contributed by atoms with van der Waals surface area (Å²) in [6, 6.07) is 11.4. The number of fused-ring (bicyclic) bond motifs is 2. The van der Waals surface area contributed by atoms with Crippen LogP contribution in [0.1, 0.15) is 5.82 Å². The van der Waals surface area contributed by atoms with Gasteiger partial charge in [-0.2, -0.15) is 5.10 Å². The summed E-state index contributed by atoms with van der Waals surface area (Å²) >= 11 is 0. The number of anilines is 4. The number of methoxy groups -OCH3 is 1. The van der Waals surface area contributed by atoms with Gasteiger partial charge in [0.15, 0.2) is 11.5 Å². The summed E-state index contributed by atoms with van der Waals surface area (Å²) < 4.78 is 6.86. The van der Waals surface area contributed by atoms with Gasteiger partial charge in [0.1, 0.15) is 23.2 Å². The van der Waals surface area contributed by atoms with Crippen molar-refractivity contribution < 1.29 is 4.74 Å². The topological polar surface area (TPSA) is 144 Å². The van der Waals surface area contributed by atoms with Gasteiger partial charge in [-0.3, -0.25) is 5.10 Å². The number of hydrogen-bond acceptors (Lipinski definition) is 9. The van der Waals surface area contributed by atoms with Gasteiger partial charge >= 0.3 is 0 Å². The lowest BCUT2D eigenvalue weighted by atomic mass is 10.2. The molecule has 0 aliphatic carbocycles. The zero-order valence-electron chi connectivity index (χ0n) is 17.6. The number of nitrogen functional groups attached to an aromatic ring is 1. The zero-order valence-corrected chi connectivity index (χ0v) is 17.6. The average molecular weight is 430 g/mol. The molecule has 5 aromatic rings. The van der Waals surface area contributed by atoms with Crippen molar-refractivity contribution in [3.63, 3.8) is 0 Å². The van der Waals surface area contributed by atoms with E-state index in [-0.39, 0.29) is 0 Å². The van der Waals surface area contributed by atoms with E-state index in [2.05, 4.69) is 30.8 Å². The number of nitrogens with two attached hydrogens (primary N) is 1. The summed E-state index contributed by atoms with van der Waals surface area (Å²) in [7, 11) is 1.66. The molecule has 0 bridgehead atoms. The van der Waals surface area contributed by atoms with E-state index >= 15 is 0 Å². The number of benzene rings is 1. The molecule has 162 valence electrons. The lowest BCUT2D eigenvalue weighted by Crippen LogP contribution is -2.10. The highest BCUT2D eigenvalue weighted by Crippen LogP contribution is 2.32. The molecular weight excluding hydrogens is 408 g/mol. The Labute approximate surface area is 183 Å². The molecule has 0 saturated heterocycles. The molecule has 0 radical (unpaired) electrons. The molecule has 1 aromatic carbocycles. The van der Waals surface area contributed by atoms with Crippen molar-refractivity contribution in [1.29, 1.82) is 0 Å². The number of aryl methyl sites for hydroxylation is 1. The summed E-state index contributed by atoms with van der Waals surface area (Å²) in [4.78, 5) is 13.6. The molecule has 32 heavy (non-hydrogen) atoms. The normalized spacial score (nSPS) is 11.3. The van der Waals surface area contributed by atoms with E-state index < -0.39 is 0 Å².